The van der Waals surface area contributed by atoms with Crippen LogP contribution >= 0.6 is 0 Å². The summed E-state index contributed by atoms with van der Waals surface area (Å²) < 4.78 is 8.64. The molecule has 5 heteroatoms. The Hall–Kier alpha value is -2.17. The van der Waals surface area contributed by atoms with Crippen LogP contribution < -0.4 is 16.2 Å². The third kappa shape index (κ3) is 2.69. The number of rotatable bonds is 4. The highest BCUT2D eigenvalue weighted by atomic mass is 16.5. The van der Waals surface area contributed by atoms with Gasteiger partial charge >= 0.3 is 5.69 Å². The number of nitrogen functional groups attached to an aromatic ring is 1. The average molecular weight is 233 g/mol. The minimum Gasteiger partial charge on any atom is -0.492 e. The Morgan fingerprint density at radius 1 is 1.24 bits per heavy atom. The highest BCUT2D eigenvalue weighted by molar-refractivity contribution is 5.41. The molecule has 0 aliphatic carbocycles. The monoisotopic (exact) mass is 233 g/mol. The highest BCUT2D eigenvalue weighted by Crippen LogP contribution is 2.12. The largest absolute Gasteiger partial charge is 0.492 e. The van der Waals surface area contributed by atoms with E-state index in [-0.39, 0.29) is 5.69 Å². The van der Waals surface area contributed by atoms with Gasteiger partial charge in [0.25, 0.3) is 0 Å². The number of imidazole rings is 1. The second-order valence-corrected chi connectivity index (χ2v) is 3.80. The van der Waals surface area contributed by atoms with Gasteiger partial charge in [0.05, 0.1) is 6.54 Å². The van der Waals surface area contributed by atoms with Crippen molar-refractivity contribution < 1.29 is 4.74 Å². The SMILES string of the molecule is Cn1ccn(CCOc2ccc(N)cc2)c1=O. The fourth-order valence-corrected chi connectivity index (χ4v) is 1.51. The van der Waals surface area contributed by atoms with Crippen molar-refractivity contribution in [3.63, 3.8) is 0 Å². The van der Waals surface area contributed by atoms with Crippen LogP contribution in [0.1, 0.15) is 0 Å². The lowest BCUT2D eigenvalue weighted by atomic mass is 10.3. The van der Waals surface area contributed by atoms with Crippen LogP contribution in [-0.2, 0) is 13.6 Å². The molecule has 5 nitrogen and oxygen atoms in total. The number of hydrogen-bond donors (Lipinski definition) is 1. The van der Waals surface area contributed by atoms with E-state index in [9.17, 15) is 4.79 Å². The first kappa shape index (κ1) is 11.3. The molecule has 0 saturated carbocycles. The predicted molar refractivity (Wildman–Crippen MR) is 66.0 cm³/mol. The molecule has 0 saturated heterocycles. The van der Waals surface area contributed by atoms with Crippen molar-refractivity contribution in [3.8, 4) is 5.75 Å². The van der Waals surface area contributed by atoms with Crippen molar-refractivity contribution in [2.24, 2.45) is 7.05 Å². The van der Waals surface area contributed by atoms with E-state index in [1.165, 1.54) is 4.57 Å². The van der Waals surface area contributed by atoms with Crippen LogP contribution in [0.25, 0.3) is 0 Å². The number of ether oxygens (including phenoxy) is 1. The summed E-state index contributed by atoms with van der Waals surface area (Å²) in [5.74, 6) is 0.753. The van der Waals surface area contributed by atoms with Crippen LogP contribution in [-0.4, -0.2) is 15.7 Å². The van der Waals surface area contributed by atoms with Crippen LogP contribution in [0.4, 0.5) is 5.69 Å². The van der Waals surface area contributed by atoms with E-state index in [2.05, 4.69) is 0 Å². The van der Waals surface area contributed by atoms with Crippen molar-refractivity contribution >= 4 is 5.69 Å². The Bertz CT molecular complexity index is 540. The zero-order valence-electron chi connectivity index (χ0n) is 9.67. The van der Waals surface area contributed by atoms with Gasteiger partial charge in [-0.15, -0.1) is 0 Å². The molecule has 0 aliphatic rings. The fraction of sp³-hybridized carbons (Fsp3) is 0.250. The molecular formula is C12H15N3O2. The van der Waals surface area contributed by atoms with Crippen molar-refractivity contribution in [1.82, 2.24) is 9.13 Å². The normalized spacial score (nSPS) is 10.4. The maximum atomic E-state index is 11.5. The van der Waals surface area contributed by atoms with Crippen LogP contribution in [0.5, 0.6) is 5.75 Å². The van der Waals surface area contributed by atoms with Gasteiger partial charge < -0.3 is 15.0 Å². The maximum Gasteiger partial charge on any atom is 0.327 e. The van der Waals surface area contributed by atoms with Crippen LogP contribution in [0.3, 0.4) is 0 Å². The number of aryl methyl sites for hydroxylation is 1. The lowest BCUT2D eigenvalue weighted by Crippen LogP contribution is -2.24. The molecule has 0 aliphatic heterocycles. The molecule has 0 fully saturated rings. The quantitative estimate of drug-likeness (QED) is 0.796. The van der Waals surface area contributed by atoms with Crippen molar-refractivity contribution in [3.05, 3.63) is 47.1 Å². The van der Waals surface area contributed by atoms with E-state index < -0.39 is 0 Å². The van der Waals surface area contributed by atoms with Gasteiger partial charge in [-0.2, -0.15) is 0 Å². The topological polar surface area (TPSA) is 62.2 Å². The molecule has 0 atom stereocenters. The van der Waals surface area contributed by atoms with Crippen molar-refractivity contribution in [1.29, 1.82) is 0 Å². The lowest BCUT2D eigenvalue weighted by Gasteiger charge is -2.06. The van der Waals surface area contributed by atoms with Crippen LogP contribution in [0.2, 0.25) is 0 Å². The molecule has 0 bridgehead atoms. The van der Waals surface area contributed by atoms with E-state index in [0.717, 1.165) is 5.75 Å². The summed E-state index contributed by atoms with van der Waals surface area (Å²) in [6, 6.07) is 7.18. The Labute approximate surface area is 99.0 Å². The minimum absolute atomic E-state index is 0.0362. The number of nitrogens with two attached hydrogens (primary N) is 1. The van der Waals surface area contributed by atoms with E-state index in [4.69, 9.17) is 10.5 Å². The second kappa shape index (κ2) is 4.78. The van der Waals surface area contributed by atoms with Gasteiger partial charge in [0.2, 0.25) is 0 Å². The number of aromatic nitrogens is 2. The molecule has 2 aromatic rings. The summed E-state index contributed by atoms with van der Waals surface area (Å²) >= 11 is 0. The molecule has 1 aromatic heterocycles. The Morgan fingerprint density at radius 3 is 2.53 bits per heavy atom. The van der Waals surface area contributed by atoms with Crippen LogP contribution in [0, 0.1) is 0 Å². The van der Waals surface area contributed by atoms with Gasteiger partial charge in [0, 0.05) is 25.1 Å². The molecular weight excluding hydrogens is 218 g/mol. The predicted octanol–water partition coefficient (Wildman–Crippen LogP) is 0.848. The fourth-order valence-electron chi connectivity index (χ4n) is 1.51. The minimum atomic E-state index is -0.0362. The Balaban J connectivity index is 1.90. The van der Waals surface area contributed by atoms with Gasteiger partial charge in [0.1, 0.15) is 12.4 Å². The molecule has 2 N–H and O–H groups in total. The van der Waals surface area contributed by atoms with Gasteiger partial charge in [0.15, 0.2) is 0 Å². The van der Waals surface area contributed by atoms with E-state index >= 15 is 0 Å². The van der Waals surface area contributed by atoms with Crippen molar-refractivity contribution in [2.75, 3.05) is 12.3 Å². The third-order valence-electron chi connectivity index (χ3n) is 2.50. The van der Waals surface area contributed by atoms with Gasteiger partial charge in [-0.1, -0.05) is 0 Å². The number of anilines is 1. The Kier molecular flexibility index (Phi) is 3.18. The summed E-state index contributed by atoms with van der Waals surface area (Å²) in [5.41, 5.74) is 6.23. The lowest BCUT2D eigenvalue weighted by molar-refractivity contribution is 0.296. The maximum absolute atomic E-state index is 11.5. The first-order valence-electron chi connectivity index (χ1n) is 5.37. The smallest absolute Gasteiger partial charge is 0.327 e. The molecule has 1 aromatic carbocycles. The Morgan fingerprint density at radius 2 is 1.94 bits per heavy atom. The zero-order valence-corrected chi connectivity index (χ0v) is 9.67. The molecule has 0 amide bonds. The number of nitrogens with zero attached hydrogens (tertiary/aromatic N) is 2. The van der Waals surface area contributed by atoms with Crippen LogP contribution in [0.15, 0.2) is 41.5 Å². The van der Waals surface area contributed by atoms with Gasteiger partial charge in [-0.25, -0.2) is 4.79 Å². The molecule has 1 heterocycles. The standard InChI is InChI=1S/C12H15N3O2/c1-14-6-7-15(12(14)16)8-9-17-11-4-2-10(13)3-5-11/h2-7H,8-9,13H2,1H3. The van der Waals surface area contributed by atoms with E-state index in [1.54, 1.807) is 36.1 Å². The number of hydrogen-bond acceptors (Lipinski definition) is 3. The molecule has 0 radical (unpaired) electrons. The van der Waals surface area contributed by atoms with E-state index in [0.29, 0.717) is 18.8 Å². The molecule has 17 heavy (non-hydrogen) atoms. The van der Waals surface area contributed by atoms with E-state index in [1.807, 2.05) is 12.1 Å². The average Bonchev–Trinajstić information content (AvgIpc) is 2.64. The highest BCUT2D eigenvalue weighted by Gasteiger charge is 1.99. The third-order valence-corrected chi connectivity index (χ3v) is 2.50. The molecule has 90 valence electrons. The zero-order chi connectivity index (χ0) is 12.3. The molecule has 2 rings (SSSR count). The summed E-state index contributed by atoms with van der Waals surface area (Å²) in [4.78, 5) is 11.5. The summed E-state index contributed by atoms with van der Waals surface area (Å²) in [6.07, 6.45) is 3.47. The number of benzene rings is 1. The van der Waals surface area contributed by atoms with Crippen molar-refractivity contribution in [2.45, 2.75) is 6.54 Å². The summed E-state index contributed by atoms with van der Waals surface area (Å²) in [5, 5.41) is 0. The second-order valence-electron chi connectivity index (χ2n) is 3.80. The first-order chi connectivity index (χ1) is 8.16. The van der Waals surface area contributed by atoms with Gasteiger partial charge in [-0.05, 0) is 24.3 Å². The molecule has 0 spiro atoms. The van der Waals surface area contributed by atoms with Gasteiger partial charge in [-0.3, -0.25) is 4.57 Å². The summed E-state index contributed by atoms with van der Waals surface area (Å²) in [7, 11) is 1.72. The first-order valence-corrected chi connectivity index (χ1v) is 5.37. The molecule has 0 unspecified atom stereocenters. The summed E-state index contributed by atoms with van der Waals surface area (Å²) in [6.45, 7) is 0.984.